The summed E-state index contributed by atoms with van der Waals surface area (Å²) in [6.45, 7) is 5.30. The van der Waals surface area contributed by atoms with Gasteiger partial charge in [-0.15, -0.1) is 0 Å². The third-order valence-electron chi connectivity index (χ3n) is 1.71. The van der Waals surface area contributed by atoms with Crippen LogP contribution in [0.4, 0.5) is 0 Å². The van der Waals surface area contributed by atoms with E-state index in [1.165, 1.54) is 0 Å². The maximum Gasteiger partial charge on any atom is 0.0636 e. The molecule has 3 nitrogen and oxygen atoms in total. The second-order valence-electron chi connectivity index (χ2n) is 3.20. The van der Waals surface area contributed by atoms with Gasteiger partial charge in [0, 0.05) is 19.7 Å². The summed E-state index contributed by atoms with van der Waals surface area (Å²) < 4.78 is 5.04. The molecule has 0 aliphatic rings. The lowest BCUT2D eigenvalue weighted by atomic mass is 10.2. The minimum absolute atomic E-state index is 0.277. The minimum Gasteiger partial charge on any atom is -0.392 e. The largest absolute Gasteiger partial charge is 0.392 e. The summed E-state index contributed by atoms with van der Waals surface area (Å²) in [6.07, 6.45) is 1.96. The van der Waals surface area contributed by atoms with Crippen molar-refractivity contribution in [1.29, 1.82) is 0 Å². The second-order valence-corrected chi connectivity index (χ2v) is 3.20. The molecule has 74 valence electrons. The van der Waals surface area contributed by atoms with Crippen molar-refractivity contribution < 1.29 is 9.84 Å². The summed E-state index contributed by atoms with van der Waals surface area (Å²) in [5.41, 5.74) is 0. The summed E-state index contributed by atoms with van der Waals surface area (Å²) >= 11 is 0. The standard InChI is InChI=1S/C9H21NO2/c1-4-5-9(7-12-3)10-6-8(2)11/h8-11H,4-7H2,1-3H3. The van der Waals surface area contributed by atoms with E-state index in [1.54, 1.807) is 14.0 Å². The predicted octanol–water partition coefficient (Wildman–Crippen LogP) is 0.772. The molecule has 0 aromatic rings. The Bertz CT molecular complexity index is 90.5. The Kier molecular flexibility index (Phi) is 7.45. The molecule has 0 bridgehead atoms. The number of aliphatic hydroxyl groups excluding tert-OH is 1. The van der Waals surface area contributed by atoms with Crippen LogP contribution in [0, 0.1) is 0 Å². The molecule has 3 heteroatoms. The average Bonchev–Trinajstić information content (AvgIpc) is 2.01. The predicted molar refractivity (Wildman–Crippen MR) is 50.3 cm³/mol. The lowest BCUT2D eigenvalue weighted by Crippen LogP contribution is -2.37. The molecule has 0 aliphatic heterocycles. The first-order valence-electron chi connectivity index (χ1n) is 4.61. The fraction of sp³-hybridized carbons (Fsp3) is 1.00. The van der Waals surface area contributed by atoms with Crippen LogP contribution in [0.1, 0.15) is 26.7 Å². The molecule has 0 spiro atoms. The molecule has 0 heterocycles. The highest BCUT2D eigenvalue weighted by molar-refractivity contribution is 4.66. The van der Waals surface area contributed by atoms with Gasteiger partial charge in [-0.05, 0) is 13.3 Å². The van der Waals surface area contributed by atoms with E-state index < -0.39 is 0 Å². The Hall–Kier alpha value is -0.120. The van der Waals surface area contributed by atoms with E-state index in [2.05, 4.69) is 12.2 Å². The number of rotatable bonds is 7. The van der Waals surface area contributed by atoms with Gasteiger partial charge < -0.3 is 15.2 Å². The molecule has 12 heavy (non-hydrogen) atoms. The second kappa shape index (κ2) is 7.53. The van der Waals surface area contributed by atoms with Crippen molar-refractivity contribution >= 4 is 0 Å². The number of methoxy groups -OCH3 is 1. The third-order valence-corrected chi connectivity index (χ3v) is 1.71. The average molecular weight is 175 g/mol. The first-order chi connectivity index (χ1) is 5.70. The lowest BCUT2D eigenvalue weighted by Gasteiger charge is -2.17. The molecule has 0 radical (unpaired) electrons. The minimum atomic E-state index is -0.277. The highest BCUT2D eigenvalue weighted by atomic mass is 16.5. The monoisotopic (exact) mass is 175 g/mol. The van der Waals surface area contributed by atoms with E-state index in [0.717, 1.165) is 19.4 Å². The van der Waals surface area contributed by atoms with E-state index in [9.17, 15) is 0 Å². The molecule has 0 aromatic heterocycles. The molecular weight excluding hydrogens is 154 g/mol. The summed E-state index contributed by atoms with van der Waals surface area (Å²) in [4.78, 5) is 0. The fourth-order valence-corrected chi connectivity index (χ4v) is 1.13. The van der Waals surface area contributed by atoms with Gasteiger partial charge in [0.1, 0.15) is 0 Å². The molecule has 2 unspecified atom stereocenters. The van der Waals surface area contributed by atoms with Crippen molar-refractivity contribution in [3.63, 3.8) is 0 Å². The zero-order valence-electron chi connectivity index (χ0n) is 8.34. The highest BCUT2D eigenvalue weighted by Crippen LogP contribution is 1.96. The number of nitrogens with one attached hydrogen (secondary N) is 1. The van der Waals surface area contributed by atoms with E-state index >= 15 is 0 Å². The van der Waals surface area contributed by atoms with Crippen molar-refractivity contribution in [3.05, 3.63) is 0 Å². The number of aliphatic hydroxyl groups is 1. The van der Waals surface area contributed by atoms with Gasteiger partial charge in [-0.2, -0.15) is 0 Å². The van der Waals surface area contributed by atoms with Crippen LogP contribution in [0.5, 0.6) is 0 Å². The normalized spacial score (nSPS) is 16.0. The smallest absolute Gasteiger partial charge is 0.0636 e. The van der Waals surface area contributed by atoms with Gasteiger partial charge in [0.2, 0.25) is 0 Å². The third kappa shape index (κ3) is 6.58. The topological polar surface area (TPSA) is 41.5 Å². The van der Waals surface area contributed by atoms with Crippen LogP contribution >= 0.6 is 0 Å². The lowest BCUT2D eigenvalue weighted by molar-refractivity contribution is 0.142. The number of ether oxygens (including phenoxy) is 1. The molecule has 0 amide bonds. The molecule has 0 aliphatic carbocycles. The Labute approximate surface area is 75.1 Å². The molecule has 0 rings (SSSR count). The first kappa shape index (κ1) is 11.9. The number of hydrogen-bond donors (Lipinski definition) is 2. The van der Waals surface area contributed by atoms with Crippen LogP contribution in [0.25, 0.3) is 0 Å². The van der Waals surface area contributed by atoms with Crippen LogP contribution in [0.2, 0.25) is 0 Å². The van der Waals surface area contributed by atoms with Gasteiger partial charge in [-0.25, -0.2) is 0 Å². The summed E-state index contributed by atoms with van der Waals surface area (Å²) in [5.74, 6) is 0. The van der Waals surface area contributed by atoms with Crippen molar-refractivity contribution in [2.45, 2.75) is 38.8 Å². The summed E-state index contributed by atoms with van der Waals surface area (Å²) in [6, 6.07) is 0.384. The molecule has 2 N–H and O–H groups in total. The van der Waals surface area contributed by atoms with Crippen LogP contribution < -0.4 is 5.32 Å². The molecule has 0 fully saturated rings. The molecule has 2 atom stereocenters. The summed E-state index contributed by atoms with van der Waals surface area (Å²) in [7, 11) is 1.70. The van der Waals surface area contributed by atoms with Gasteiger partial charge in [-0.1, -0.05) is 13.3 Å². The maximum atomic E-state index is 9.03. The molecule has 0 aromatic carbocycles. The Balaban J connectivity index is 3.48. The zero-order valence-corrected chi connectivity index (χ0v) is 8.34. The van der Waals surface area contributed by atoms with Crippen LogP contribution in [-0.4, -0.2) is 37.5 Å². The number of hydrogen-bond acceptors (Lipinski definition) is 3. The zero-order chi connectivity index (χ0) is 9.40. The van der Waals surface area contributed by atoms with Crippen LogP contribution in [0.3, 0.4) is 0 Å². The molecule has 0 saturated heterocycles. The first-order valence-corrected chi connectivity index (χ1v) is 4.61. The Morgan fingerprint density at radius 3 is 2.58 bits per heavy atom. The van der Waals surface area contributed by atoms with Crippen LogP contribution in [0.15, 0.2) is 0 Å². The van der Waals surface area contributed by atoms with E-state index in [1.807, 2.05) is 0 Å². The maximum absolute atomic E-state index is 9.03. The van der Waals surface area contributed by atoms with Crippen molar-refractivity contribution in [2.24, 2.45) is 0 Å². The van der Waals surface area contributed by atoms with Crippen LogP contribution in [-0.2, 0) is 4.74 Å². The van der Waals surface area contributed by atoms with E-state index in [0.29, 0.717) is 12.6 Å². The van der Waals surface area contributed by atoms with Gasteiger partial charge in [0.25, 0.3) is 0 Å². The highest BCUT2D eigenvalue weighted by Gasteiger charge is 2.06. The Morgan fingerprint density at radius 2 is 2.17 bits per heavy atom. The Morgan fingerprint density at radius 1 is 1.50 bits per heavy atom. The van der Waals surface area contributed by atoms with Crippen molar-refractivity contribution in [2.75, 3.05) is 20.3 Å². The quantitative estimate of drug-likeness (QED) is 0.600. The fourth-order valence-electron chi connectivity index (χ4n) is 1.13. The van der Waals surface area contributed by atoms with Crippen molar-refractivity contribution in [3.8, 4) is 0 Å². The van der Waals surface area contributed by atoms with Crippen molar-refractivity contribution in [1.82, 2.24) is 5.32 Å². The van der Waals surface area contributed by atoms with E-state index in [-0.39, 0.29) is 6.10 Å². The summed E-state index contributed by atoms with van der Waals surface area (Å²) in [5, 5.41) is 12.3. The molecule has 0 saturated carbocycles. The van der Waals surface area contributed by atoms with Gasteiger partial charge >= 0.3 is 0 Å². The van der Waals surface area contributed by atoms with Gasteiger partial charge in [0.05, 0.1) is 12.7 Å². The van der Waals surface area contributed by atoms with Gasteiger partial charge in [0.15, 0.2) is 0 Å². The molecular formula is C9H21NO2. The SMILES string of the molecule is CCCC(COC)NCC(C)O. The van der Waals surface area contributed by atoms with E-state index in [4.69, 9.17) is 9.84 Å². The van der Waals surface area contributed by atoms with Gasteiger partial charge in [-0.3, -0.25) is 0 Å².